The first-order chi connectivity index (χ1) is 7.53. The van der Waals surface area contributed by atoms with E-state index in [0.717, 1.165) is 0 Å². The second-order valence-electron chi connectivity index (χ2n) is 6.06. The summed E-state index contributed by atoms with van der Waals surface area (Å²) in [6.07, 6.45) is 0.0893. The van der Waals surface area contributed by atoms with E-state index in [-0.39, 0.29) is 18.5 Å². The molecular formula is C11H26O4Si2. The highest BCUT2D eigenvalue weighted by Crippen LogP contribution is 2.13. The number of hydrogen-bond acceptors (Lipinski definition) is 4. The fourth-order valence-corrected chi connectivity index (χ4v) is 3.08. The number of esters is 1. The van der Waals surface area contributed by atoms with Crippen LogP contribution < -0.4 is 0 Å². The topological polar surface area (TPSA) is 44.8 Å². The minimum absolute atomic E-state index is 0.180. The van der Waals surface area contributed by atoms with E-state index in [1.807, 2.05) is 0 Å². The van der Waals surface area contributed by atoms with Crippen LogP contribution in [0.15, 0.2) is 0 Å². The Morgan fingerprint density at radius 1 is 1.06 bits per heavy atom. The maximum atomic E-state index is 11.3. The quantitative estimate of drug-likeness (QED) is 0.530. The largest absolute Gasteiger partial charge is 0.469 e. The lowest BCUT2D eigenvalue weighted by Crippen LogP contribution is -2.39. The lowest BCUT2D eigenvalue weighted by atomic mass is 10.3. The molecule has 0 aliphatic heterocycles. The molecule has 0 radical (unpaired) electrons. The van der Waals surface area contributed by atoms with Crippen LogP contribution in [-0.2, 0) is 18.4 Å². The number of hydrogen-bond donors (Lipinski definition) is 0. The van der Waals surface area contributed by atoms with Gasteiger partial charge in [0.15, 0.2) is 16.6 Å². The smallest absolute Gasteiger partial charge is 0.308 e. The molecule has 0 aromatic carbocycles. The van der Waals surface area contributed by atoms with Crippen molar-refractivity contribution in [1.82, 2.24) is 0 Å². The van der Waals surface area contributed by atoms with E-state index < -0.39 is 16.6 Å². The number of methoxy groups -OCH3 is 1. The zero-order valence-electron chi connectivity index (χ0n) is 12.1. The van der Waals surface area contributed by atoms with Gasteiger partial charge in [0, 0.05) is 0 Å². The van der Waals surface area contributed by atoms with Crippen LogP contribution in [0.2, 0.25) is 39.3 Å². The second-order valence-corrected chi connectivity index (χ2v) is 15.0. The molecule has 0 unspecified atom stereocenters. The minimum Gasteiger partial charge on any atom is -0.469 e. The predicted octanol–water partition coefficient (Wildman–Crippen LogP) is 2.62. The molecule has 0 saturated heterocycles. The molecule has 6 heteroatoms. The molecule has 1 atom stereocenters. The van der Waals surface area contributed by atoms with Crippen LogP contribution in [0, 0.1) is 0 Å². The van der Waals surface area contributed by atoms with Crippen molar-refractivity contribution in [3.8, 4) is 0 Å². The van der Waals surface area contributed by atoms with Crippen LogP contribution in [0.5, 0.6) is 0 Å². The first kappa shape index (κ1) is 16.8. The first-order valence-electron chi connectivity index (χ1n) is 5.92. The zero-order valence-corrected chi connectivity index (χ0v) is 14.1. The number of carbonyl (C=O) groups excluding carboxylic acids is 1. The van der Waals surface area contributed by atoms with Gasteiger partial charge in [-0.15, -0.1) is 0 Å². The van der Waals surface area contributed by atoms with E-state index in [4.69, 9.17) is 8.85 Å². The average molecular weight is 278 g/mol. The fraction of sp³-hybridized carbons (Fsp3) is 0.909. The monoisotopic (exact) mass is 278 g/mol. The van der Waals surface area contributed by atoms with Gasteiger partial charge in [-0.05, 0) is 39.3 Å². The summed E-state index contributed by atoms with van der Waals surface area (Å²) in [5, 5.41) is 0. The molecule has 0 rings (SSSR count). The van der Waals surface area contributed by atoms with Gasteiger partial charge < -0.3 is 13.6 Å². The van der Waals surface area contributed by atoms with Crippen molar-refractivity contribution in [2.24, 2.45) is 0 Å². The van der Waals surface area contributed by atoms with Crippen molar-refractivity contribution in [2.75, 3.05) is 13.7 Å². The van der Waals surface area contributed by atoms with Crippen molar-refractivity contribution in [2.45, 2.75) is 51.8 Å². The Hall–Kier alpha value is -0.176. The van der Waals surface area contributed by atoms with Gasteiger partial charge >= 0.3 is 5.97 Å². The Bertz CT molecular complexity index is 243. The zero-order chi connectivity index (χ0) is 13.7. The molecule has 0 N–H and O–H groups in total. The second kappa shape index (κ2) is 6.68. The van der Waals surface area contributed by atoms with Crippen LogP contribution in [-0.4, -0.2) is 42.4 Å². The molecule has 0 heterocycles. The van der Waals surface area contributed by atoms with Crippen LogP contribution in [0.3, 0.4) is 0 Å². The summed E-state index contributed by atoms with van der Waals surface area (Å²) in [5.41, 5.74) is 0. The Morgan fingerprint density at radius 2 is 1.59 bits per heavy atom. The molecule has 0 spiro atoms. The normalized spacial score (nSPS) is 14.5. The third kappa shape index (κ3) is 10.7. The van der Waals surface area contributed by atoms with E-state index in [1.165, 1.54) is 7.11 Å². The SMILES string of the molecule is COC(=O)C[C@@H](CO[Si](C)(C)C)O[Si](C)(C)C. The van der Waals surface area contributed by atoms with Gasteiger partial charge in [-0.1, -0.05) is 0 Å². The van der Waals surface area contributed by atoms with E-state index in [1.54, 1.807) is 0 Å². The summed E-state index contributed by atoms with van der Waals surface area (Å²) in [6.45, 7) is 13.2. The standard InChI is InChI=1S/C11H26O4Si2/c1-13-11(12)8-10(15-17(5,6)7)9-14-16(2,3)4/h10H,8-9H2,1-7H3/t10-/m0/s1. The fourth-order valence-electron chi connectivity index (χ4n) is 1.25. The molecule has 0 aliphatic rings. The molecule has 0 amide bonds. The Kier molecular flexibility index (Phi) is 6.61. The van der Waals surface area contributed by atoms with E-state index >= 15 is 0 Å². The van der Waals surface area contributed by atoms with Gasteiger partial charge in [0.1, 0.15) is 0 Å². The molecular weight excluding hydrogens is 252 g/mol. The molecule has 0 fully saturated rings. The van der Waals surface area contributed by atoms with Crippen LogP contribution in [0.25, 0.3) is 0 Å². The summed E-state index contributed by atoms with van der Waals surface area (Å²) in [5.74, 6) is -0.243. The molecule has 17 heavy (non-hydrogen) atoms. The van der Waals surface area contributed by atoms with Crippen LogP contribution in [0.4, 0.5) is 0 Å². The molecule has 0 aromatic rings. The lowest BCUT2D eigenvalue weighted by Gasteiger charge is -2.28. The van der Waals surface area contributed by atoms with Gasteiger partial charge in [0.2, 0.25) is 0 Å². The number of rotatable bonds is 7. The Morgan fingerprint density at radius 3 is 1.94 bits per heavy atom. The summed E-state index contributed by atoms with van der Waals surface area (Å²) in [4.78, 5) is 11.3. The van der Waals surface area contributed by atoms with Crippen molar-refractivity contribution in [3.63, 3.8) is 0 Å². The number of carbonyl (C=O) groups is 1. The minimum atomic E-state index is -1.67. The maximum absolute atomic E-state index is 11.3. The van der Waals surface area contributed by atoms with E-state index in [0.29, 0.717) is 6.61 Å². The van der Waals surface area contributed by atoms with E-state index in [9.17, 15) is 4.79 Å². The van der Waals surface area contributed by atoms with Crippen molar-refractivity contribution < 1.29 is 18.4 Å². The highest BCUT2D eigenvalue weighted by molar-refractivity contribution is 6.70. The third-order valence-corrected chi connectivity index (χ3v) is 3.92. The highest BCUT2D eigenvalue weighted by Gasteiger charge is 2.26. The lowest BCUT2D eigenvalue weighted by molar-refractivity contribution is -0.143. The molecule has 0 aromatic heterocycles. The van der Waals surface area contributed by atoms with Crippen molar-refractivity contribution in [3.05, 3.63) is 0 Å². The third-order valence-electron chi connectivity index (χ3n) is 1.84. The van der Waals surface area contributed by atoms with Gasteiger partial charge in [0.05, 0.1) is 26.2 Å². The maximum Gasteiger partial charge on any atom is 0.308 e. The first-order valence-corrected chi connectivity index (χ1v) is 12.7. The molecule has 102 valence electrons. The Balaban J connectivity index is 4.36. The highest BCUT2D eigenvalue weighted by atomic mass is 28.4. The van der Waals surface area contributed by atoms with E-state index in [2.05, 4.69) is 44.0 Å². The molecule has 0 bridgehead atoms. The molecule has 0 saturated carbocycles. The number of ether oxygens (including phenoxy) is 1. The van der Waals surface area contributed by atoms with Crippen LogP contribution in [0.1, 0.15) is 6.42 Å². The van der Waals surface area contributed by atoms with Crippen molar-refractivity contribution in [1.29, 1.82) is 0 Å². The van der Waals surface area contributed by atoms with Crippen molar-refractivity contribution >= 4 is 22.6 Å². The summed E-state index contributed by atoms with van der Waals surface area (Å²) < 4.78 is 16.4. The summed E-state index contributed by atoms with van der Waals surface area (Å²) in [7, 11) is -1.85. The summed E-state index contributed by atoms with van der Waals surface area (Å²) in [6, 6.07) is 0. The van der Waals surface area contributed by atoms with Gasteiger partial charge in [-0.2, -0.15) is 0 Å². The van der Waals surface area contributed by atoms with Gasteiger partial charge in [-0.3, -0.25) is 4.79 Å². The van der Waals surface area contributed by atoms with Gasteiger partial charge in [0.25, 0.3) is 0 Å². The molecule has 4 nitrogen and oxygen atoms in total. The summed E-state index contributed by atoms with van der Waals surface area (Å²) >= 11 is 0. The molecule has 0 aliphatic carbocycles. The Labute approximate surface area is 107 Å². The average Bonchev–Trinajstić information content (AvgIpc) is 2.10. The van der Waals surface area contributed by atoms with Crippen LogP contribution >= 0.6 is 0 Å². The predicted molar refractivity (Wildman–Crippen MR) is 74.2 cm³/mol. The van der Waals surface area contributed by atoms with Gasteiger partial charge in [-0.25, -0.2) is 0 Å².